The molecule has 2 aliphatic rings. The number of nitrogens with one attached hydrogen (secondary N) is 1. The molecule has 1 aromatic carbocycles. The molecule has 1 aliphatic heterocycles. The van der Waals surface area contributed by atoms with Crippen LogP contribution in [0.15, 0.2) is 28.7 Å². The first kappa shape index (κ1) is 17.5. The number of likely N-dealkylation sites (tertiary alicyclic amines) is 1. The summed E-state index contributed by atoms with van der Waals surface area (Å²) in [5.41, 5.74) is 0.678. The molecule has 2 amide bonds. The fourth-order valence-corrected chi connectivity index (χ4v) is 4.14. The van der Waals surface area contributed by atoms with Crippen LogP contribution in [0.1, 0.15) is 55.3 Å². The topological polar surface area (TPSA) is 49.4 Å². The molecule has 130 valence electrons. The second kappa shape index (κ2) is 8.15. The SMILES string of the molecule is O=C(NC1CCCCC1)C1CCCN(C(=O)c2cccc(Br)c2)C1. The second-order valence-electron chi connectivity index (χ2n) is 6.94. The highest BCUT2D eigenvalue weighted by molar-refractivity contribution is 9.10. The van der Waals surface area contributed by atoms with E-state index >= 15 is 0 Å². The summed E-state index contributed by atoms with van der Waals surface area (Å²) in [4.78, 5) is 27.1. The number of carbonyl (C=O) groups excluding carboxylic acids is 2. The van der Waals surface area contributed by atoms with E-state index < -0.39 is 0 Å². The molecule has 4 nitrogen and oxygen atoms in total. The third-order valence-electron chi connectivity index (χ3n) is 5.10. The van der Waals surface area contributed by atoms with E-state index in [1.54, 1.807) is 0 Å². The Balaban J connectivity index is 1.59. The van der Waals surface area contributed by atoms with Gasteiger partial charge in [0.05, 0.1) is 5.92 Å². The standard InChI is InChI=1S/C19H25BrN2O2/c20-16-8-4-6-14(12-16)19(24)22-11-5-7-15(13-22)18(23)21-17-9-2-1-3-10-17/h4,6,8,12,15,17H,1-3,5,7,9-11,13H2,(H,21,23). The lowest BCUT2D eigenvalue weighted by Gasteiger charge is -2.33. The molecule has 24 heavy (non-hydrogen) atoms. The van der Waals surface area contributed by atoms with Gasteiger partial charge in [-0.1, -0.05) is 41.3 Å². The minimum absolute atomic E-state index is 0.0199. The Morgan fingerprint density at radius 2 is 1.88 bits per heavy atom. The highest BCUT2D eigenvalue weighted by atomic mass is 79.9. The lowest BCUT2D eigenvalue weighted by atomic mass is 9.93. The maximum Gasteiger partial charge on any atom is 0.253 e. The van der Waals surface area contributed by atoms with Gasteiger partial charge in [0.15, 0.2) is 0 Å². The van der Waals surface area contributed by atoms with Gasteiger partial charge in [-0.3, -0.25) is 9.59 Å². The Labute approximate surface area is 152 Å². The zero-order valence-electron chi connectivity index (χ0n) is 14.0. The van der Waals surface area contributed by atoms with Gasteiger partial charge < -0.3 is 10.2 Å². The molecule has 1 aliphatic carbocycles. The first-order chi connectivity index (χ1) is 11.6. The van der Waals surface area contributed by atoms with Crippen molar-refractivity contribution in [3.63, 3.8) is 0 Å². The van der Waals surface area contributed by atoms with Crippen molar-refractivity contribution in [1.82, 2.24) is 10.2 Å². The zero-order chi connectivity index (χ0) is 16.9. The van der Waals surface area contributed by atoms with Gasteiger partial charge in [-0.25, -0.2) is 0 Å². The van der Waals surface area contributed by atoms with Crippen molar-refractivity contribution in [2.24, 2.45) is 5.92 Å². The average Bonchev–Trinajstić information content (AvgIpc) is 2.62. The highest BCUT2D eigenvalue weighted by Gasteiger charge is 2.30. The van der Waals surface area contributed by atoms with Gasteiger partial charge >= 0.3 is 0 Å². The molecular formula is C19H25BrN2O2. The monoisotopic (exact) mass is 392 g/mol. The molecule has 5 heteroatoms. The summed E-state index contributed by atoms with van der Waals surface area (Å²) in [6.07, 6.45) is 7.67. The normalized spacial score (nSPS) is 22.2. The molecular weight excluding hydrogens is 368 g/mol. The van der Waals surface area contributed by atoms with Crippen molar-refractivity contribution in [2.75, 3.05) is 13.1 Å². The van der Waals surface area contributed by atoms with Crippen molar-refractivity contribution < 1.29 is 9.59 Å². The molecule has 0 spiro atoms. The quantitative estimate of drug-likeness (QED) is 0.851. The van der Waals surface area contributed by atoms with Crippen molar-refractivity contribution in [3.05, 3.63) is 34.3 Å². The van der Waals surface area contributed by atoms with Crippen LogP contribution in [0, 0.1) is 5.92 Å². The van der Waals surface area contributed by atoms with Gasteiger partial charge in [0, 0.05) is 29.2 Å². The fourth-order valence-electron chi connectivity index (χ4n) is 3.75. The van der Waals surface area contributed by atoms with Crippen LogP contribution in [-0.2, 0) is 4.79 Å². The average molecular weight is 393 g/mol. The number of halogens is 1. The molecule has 1 heterocycles. The lowest BCUT2D eigenvalue weighted by molar-refractivity contribution is -0.127. The molecule has 1 aromatic rings. The van der Waals surface area contributed by atoms with Crippen molar-refractivity contribution in [1.29, 1.82) is 0 Å². The number of amides is 2. The summed E-state index contributed by atoms with van der Waals surface area (Å²) in [6, 6.07) is 7.79. The second-order valence-corrected chi connectivity index (χ2v) is 7.86. The maximum absolute atomic E-state index is 12.7. The first-order valence-corrected chi connectivity index (χ1v) is 9.78. The van der Waals surface area contributed by atoms with Gasteiger partial charge in [0.25, 0.3) is 5.91 Å². The van der Waals surface area contributed by atoms with E-state index in [1.165, 1.54) is 19.3 Å². The van der Waals surface area contributed by atoms with Gasteiger partial charge in [0.1, 0.15) is 0 Å². The van der Waals surface area contributed by atoms with Gasteiger partial charge in [-0.05, 0) is 43.9 Å². The molecule has 0 radical (unpaired) electrons. The molecule has 2 fully saturated rings. The predicted molar refractivity (Wildman–Crippen MR) is 97.8 cm³/mol. The Hall–Kier alpha value is -1.36. The molecule has 1 N–H and O–H groups in total. The molecule has 1 saturated heterocycles. The third-order valence-corrected chi connectivity index (χ3v) is 5.60. The number of rotatable bonds is 3. The van der Waals surface area contributed by atoms with Crippen LogP contribution >= 0.6 is 15.9 Å². The van der Waals surface area contributed by atoms with Crippen LogP contribution in [0.3, 0.4) is 0 Å². The van der Waals surface area contributed by atoms with Gasteiger partial charge in [-0.2, -0.15) is 0 Å². The van der Waals surface area contributed by atoms with E-state index in [-0.39, 0.29) is 17.7 Å². The Kier molecular flexibility index (Phi) is 5.93. The number of nitrogens with zero attached hydrogens (tertiary/aromatic N) is 1. The molecule has 1 unspecified atom stereocenters. The summed E-state index contributed by atoms with van der Waals surface area (Å²) in [7, 11) is 0. The third kappa shape index (κ3) is 4.38. The Morgan fingerprint density at radius 1 is 1.08 bits per heavy atom. The van der Waals surface area contributed by atoms with Crippen molar-refractivity contribution in [3.8, 4) is 0 Å². The van der Waals surface area contributed by atoms with Crippen LogP contribution < -0.4 is 5.32 Å². The van der Waals surface area contributed by atoms with Crippen LogP contribution in [0.4, 0.5) is 0 Å². The lowest BCUT2D eigenvalue weighted by Crippen LogP contribution is -2.47. The minimum atomic E-state index is -0.0724. The number of hydrogen-bond donors (Lipinski definition) is 1. The fraction of sp³-hybridized carbons (Fsp3) is 0.579. The molecule has 1 saturated carbocycles. The summed E-state index contributed by atoms with van der Waals surface area (Å²) >= 11 is 3.41. The smallest absolute Gasteiger partial charge is 0.253 e. The minimum Gasteiger partial charge on any atom is -0.353 e. The van der Waals surface area contributed by atoms with E-state index in [2.05, 4.69) is 21.2 Å². The number of carbonyl (C=O) groups is 2. The molecule has 0 aromatic heterocycles. The van der Waals surface area contributed by atoms with E-state index in [0.717, 1.165) is 36.7 Å². The summed E-state index contributed by atoms with van der Waals surface area (Å²) < 4.78 is 0.900. The molecule has 0 bridgehead atoms. The van der Waals surface area contributed by atoms with Gasteiger partial charge in [0.2, 0.25) is 5.91 Å². The van der Waals surface area contributed by atoms with E-state index in [9.17, 15) is 9.59 Å². The molecule has 3 rings (SSSR count). The summed E-state index contributed by atoms with van der Waals surface area (Å²) in [6.45, 7) is 1.27. The van der Waals surface area contributed by atoms with Crippen molar-refractivity contribution >= 4 is 27.7 Å². The van der Waals surface area contributed by atoms with E-state index in [0.29, 0.717) is 18.2 Å². The zero-order valence-corrected chi connectivity index (χ0v) is 15.6. The Bertz CT molecular complexity index is 599. The van der Waals surface area contributed by atoms with E-state index in [4.69, 9.17) is 0 Å². The predicted octanol–water partition coefficient (Wildman–Crippen LogP) is 3.75. The largest absolute Gasteiger partial charge is 0.353 e. The highest BCUT2D eigenvalue weighted by Crippen LogP contribution is 2.22. The number of piperidine rings is 1. The van der Waals surface area contributed by atoms with Crippen LogP contribution in [0.2, 0.25) is 0 Å². The summed E-state index contributed by atoms with van der Waals surface area (Å²) in [5, 5.41) is 3.21. The van der Waals surface area contributed by atoms with Crippen LogP contribution in [0.5, 0.6) is 0 Å². The number of benzene rings is 1. The summed E-state index contributed by atoms with van der Waals surface area (Å²) in [5.74, 6) is 0.0805. The van der Waals surface area contributed by atoms with Crippen LogP contribution in [-0.4, -0.2) is 35.8 Å². The van der Waals surface area contributed by atoms with Gasteiger partial charge in [-0.15, -0.1) is 0 Å². The maximum atomic E-state index is 12.7. The number of hydrogen-bond acceptors (Lipinski definition) is 2. The molecule has 1 atom stereocenters. The first-order valence-electron chi connectivity index (χ1n) is 8.99. The van der Waals surface area contributed by atoms with Crippen molar-refractivity contribution in [2.45, 2.75) is 51.0 Å². The van der Waals surface area contributed by atoms with E-state index in [1.807, 2.05) is 29.2 Å². The van der Waals surface area contributed by atoms with Crippen LogP contribution in [0.25, 0.3) is 0 Å². The Morgan fingerprint density at radius 3 is 2.62 bits per heavy atom.